The highest BCUT2D eigenvalue weighted by atomic mass is 79.9. The molecule has 90 valence electrons. The van der Waals surface area contributed by atoms with Gasteiger partial charge in [-0.05, 0) is 40.2 Å². The maximum atomic E-state index is 11.6. The van der Waals surface area contributed by atoms with Crippen molar-refractivity contribution in [3.63, 3.8) is 0 Å². The molecule has 1 aliphatic heterocycles. The molecule has 5 nitrogen and oxygen atoms in total. The van der Waals surface area contributed by atoms with Crippen molar-refractivity contribution in [3.8, 4) is 11.5 Å². The van der Waals surface area contributed by atoms with Gasteiger partial charge in [-0.2, -0.15) is 0 Å². The minimum atomic E-state index is -3.49. The van der Waals surface area contributed by atoms with Crippen molar-refractivity contribution in [2.75, 3.05) is 6.61 Å². The molecule has 0 saturated carbocycles. The third kappa shape index (κ3) is 2.50. The lowest BCUT2D eigenvalue weighted by Crippen LogP contribution is -2.19. The molecule has 0 unspecified atom stereocenters. The quantitative estimate of drug-likeness (QED) is 0.922. The molecule has 1 aromatic carbocycles. The zero-order valence-electron chi connectivity index (χ0n) is 8.50. The smallest absolute Gasteiger partial charge is 0.231 e. The summed E-state index contributed by atoms with van der Waals surface area (Å²) in [5, 5.41) is 9.02. The SMILES string of the molecule is O=S1(=O)C(Br)=CN=C1COc1ccc(O)cc1. The molecule has 0 atom stereocenters. The van der Waals surface area contributed by atoms with Crippen LogP contribution in [0.1, 0.15) is 0 Å². The van der Waals surface area contributed by atoms with Gasteiger partial charge >= 0.3 is 0 Å². The summed E-state index contributed by atoms with van der Waals surface area (Å²) < 4.78 is 28.5. The number of aromatic hydroxyl groups is 1. The summed E-state index contributed by atoms with van der Waals surface area (Å²) in [5.41, 5.74) is 0. The number of halogens is 1. The highest BCUT2D eigenvalue weighted by Gasteiger charge is 2.28. The number of hydrogen-bond acceptors (Lipinski definition) is 5. The van der Waals surface area contributed by atoms with Crippen molar-refractivity contribution in [2.24, 2.45) is 4.99 Å². The number of benzene rings is 1. The molecule has 0 bridgehead atoms. The third-order valence-electron chi connectivity index (χ3n) is 2.08. The Morgan fingerprint density at radius 1 is 1.29 bits per heavy atom. The molecule has 0 spiro atoms. The average molecular weight is 318 g/mol. The van der Waals surface area contributed by atoms with Crippen LogP contribution in [-0.4, -0.2) is 25.2 Å². The molecule has 7 heteroatoms. The van der Waals surface area contributed by atoms with E-state index in [-0.39, 0.29) is 21.2 Å². The normalized spacial score (nSPS) is 17.5. The van der Waals surface area contributed by atoms with Crippen LogP contribution in [0, 0.1) is 0 Å². The summed E-state index contributed by atoms with van der Waals surface area (Å²) in [7, 11) is -3.49. The van der Waals surface area contributed by atoms with E-state index in [1.165, 1.54) is 18.3 Å². The van der Waals surface area contributed by atoms with Crippen LogP contribution in [-0.2, 0) is 9.84 Å². The maximum Gasteiger partial charge on any atom is 0.231 e. The van der Waals surface area contributed by atoms with Crippen LogP contribution in [0.5, 0.6) is 11.5 Å². The first kappa shape index (κ1) is 12.1. The minimum absolute atomic E-state index is 0.0364. The summed E-state index contributed by atoms with van der Waals surface area (Å²) in [4.78, 5) is 3.75. The van der Waals surface area contributed by atoms with Crippen LogP contribution in [0.4, 0.5) is 0 Å². The summed E-state index contributed by atoms with van der Waals surface area (Å²) >= 11 is 2.91. The first-order chi connectivity index (χ1) is 8.00. The Morgan fingerprint density at radius 2 is 1.94 bits per heavy atom. The van der Waals surface area contributed by atoms with Crippen LogP contribution in [0.3, 0.4) is 0 Å². The average Bonchev–Trinajstić information content (AvgIpc) is 2.54. The zero-order chi connectivity index (χ0) is 12.5. The Labute approximate surface area is 106 Å². The fourth-order valence-corrected chi connectivity index (χ4v) is 2.66. The Balaban J connectivity index is 2.04. The second-order valence-corrected chi connectivity index (χ2v) is 6.54. The maximum absolute atomic E-state index is 11.6. The van der Waals surface area contributed by atoms with E-state index in [1.54, 1.807) is 12.1 Å². The molecule has 0 fully saturated rings. The lowest BCUT2D eigenvalue weighted by atomic mass is 10.3. The van der Waals surface area contributed by atoms with Crippen LogP contribution in [0.25, 0.3) is 0 Å². The van der Waals surface area contributed by atoms with E-state index in [9.17, 15) is 8.42 Å². The highest BCUT2D eigenvalue weighted by molar-refractivity contribution is 9.14. The van der Waals surface area contributed by atoms with Gasteiger partial charge in [-0.1, -0.05) is 0 Å². The zero-order valence-corrected chi connectivity index (χ0v) is 10.9. The van der Waals surface area contributed by atoms with Gasteiger partial charge in [0.25, 0.3) is 0 Å². The minimum Gasteiger partial charge on any atom is -0.508 e. The standard InChI is InChI=1S/C10H8BrNO4S/c11-9-5-12-10(17(9,14)15)6-16-8-3-1-7(13)2-4-8/h1-5,13H,6H2. The van der Waals surface area contributed by atoms with E-state index >= 15 is 0 Å². The van der Waals surface area contributed by atoms with Crippen LogP contribution in [0.15, 0.2) is 39.3 Å². The molecular formula is C10H8BrNO4S. The van der Waals surface area contributed by atoms with Crippen LogP contribution < -0.4 is 4.74 Å². The highest BCUT2D eigenvalue weighted by Crippen LogP contribution is 2.23. The van der Waals surface area contributed by atoms with Crippen molar-refractivity contribution < 1.29 is 18.3 Å². The van der Waals surface area contributed by atoms with Gasteiger partial charge in [0.15, 0.2) is 5.04 Å². The van der Waals surface area contributed by atoms with Gasteiger partial charge in [-0.25, -0.2) is 13.4 Å². The molecule has 0 amide bonds. The molecule has 1 heterocycles. The Kier molecular flexibility index (Phi) is 3.21. The van der Waals surface area contributed by atoms with Crippen molar-refractivity contribution >= 4 is 30.8 Å². The summed E-state index contributed by atoms with van der Waals surface area (Å²) in [5.74, 6) is 0.580. The van der Waals surface area contributed by atoms with Gasteiger partial charge in [0.05, 0.1) is 6.20 Å². The molecule has 0 aromatic heterocycles. The van der Waals surface area contributed by atoms with E-state index in [0.717, 1.165) is 0 Å². The van der Waals surface area contributed by atoms with E-state index < -0.39 is 9.84 Å². The molecule has 1 N–H and O–H groups in total. The van der Waals surface area contributed by atoms with Gasteiger partial charge in [-0.3, -0.25) is 0 Å². The number of hydrogen-bond donors (Lipinski definition) is 1. The molecule has 0 radical (unpaired) electrons. The largest absolute Gasteiger partial charge is 0.508 e. The second-order valence-electron chi connectivity index (χ2n) is 3.24. The monoisotopic (exact) mass is 317 g/mol. The molecule has 0 saturated heterocycles. The number of phenolic OH excluding ortho intramolecular Hbond substituents is 1. The topological polar surface area (TPSA) is 76.0 Å². The number of phenols is 1. The molecule has 2 rings (SSSR count). The number of nitrogens with zero attached hydrogens (tertiary/aromatic N) is 1. The van der Waals surface area contributed by atoms with E-state index in [1.807, 2.05) is 0 Å². The van der Waals surface area contributed by atoms with Crippen LogP contribution in [0.2, 0.25) is 0 Å². The van der Waals surface area contributed by atoms with Gasteiger partial charge in [0, 0.05) is 0 Å². The fourth-order valence-electron chi connectivity index (χ4n) is 1.18. The van der Waals surface area contributed by atoms with E-state index in [2.05, 4.69) is 20.9 Å². The Morgan fingerprint density at radius 3 is 2.47 bits per heavy atom. The lowest BCUT2D eigenvalue weighted by molar-refractivity contribution is 0.377. The predicted octanol–water partition coefficient (Wildman–Crippen LogP) is 1.79. The van der Waals surface area contributed by atoms with Gasteiger partial charge in [0.1, 0.15) is 21.9 Å². The van der Waals surface area contributed by atoms with Crippen molar-refractivity contribution in [3.05, 3.63) is 34.3 Å². The predicted molar refractivity (Wildman–Crippen MR) is 67.0 cm³/mol. The number of aliphatic imine (C=N–C) groups is 1. The Hall–Kier alpha value is -1.34. The third-order valence-corrected chi connectivity index (χ3v) is 5.02. The molecule has 1 aliphatic rings. The summed E-state index contributed by atoms with van der Waals surface area (Å²) in [6.45, 7) is -0.140. The van der Waals surface area contributed by atoms with E-state index in [0.29, 0.717) is 5.75 Å². The number of ether oxygens (including phenoxy) is 1. The first-order valence-corrected chi connectivity index (χ1v) is 6.87. The molecule has 1 aromatic rings. The van der Waals surface area contributed by atoms with Crippen molar-refractivity contribution in [2.45, 2.75) is 0 Å². The molecule has 0 aliphatic carbocycles. The van der Waals surface area contributed by atoms with Gasteiger partial charge in [0.2, 0.25) is 9.84 Å². The number of rotatable bonds is 3. The van der Waals surface area contributed by atoms with Gasteiger partial charge < -0.3 is 9.84 Å². The summed E-state index contributed by atoms with van der Waals surface area (Å²) in [6, 6.07) is 5.99. The lowest BCUT2D eigenvalue weighted by Gasteiger charge is -2.06. The first-order valence-electron chi connectivity index (χ1n) is 4.59. The second kappa shape index (κ2) is 4.50. The van der Waals surface area contributed by atoms with Gasteiger partial charge in [-0.15, -0.1) is 0 Å². The fraction of sp³-hybridized carbons (Fsp3) is 0.100. The number of sulfone groups is 1. The van der Waals surface area contributed by atoms with Crippen LogP contribution >= 0.6 is 15.9 Å². The molecule has 17 heavy (non-hydrogen) atoms. The Bertz CT molecular complexity index is 589. The van der Waals surface area contributed by atoms with E-state index in [4.69, 9.17) is 9.84 Å². The summed E-state index contributed by atoms with van der Waals surface area (Å²) in [6.07, 6.45) is 1.23. The molecular weight excluding hydrogens is 310 g/mol. The van der Waals surface area contributed by atoms with Crippen molar-refractivity contribution in [1.82, 2.24) is 0 Å². The van der Waals surface area contributed by atoms with Crippen molar-refractivity contribution in [1.29, 1.82) is 0 Å².